The highest BCUT2D eigenvalue weighted by atomic mass is 35.5. The van der Waals surface area contributed by atoms with Crippen molar-refractivity contribution in [2.45, 2.75) is 25.9 Å². The fraction of sp³-hybridized carbons (Fsp3) is 0.588. The van der Waals surface area contributed by atoms with Crippen LogP contribution < -0.4 is 10.6 Å². The van der Waals surface area contributed by atoms with Crippen molar-refractivity contribution < 1.29 is 14.3 Å². The molecule has 1 amide bonds. The Labute approximate surface area is 144 Å². The number of hydrogen-bond acceptors (Lipinski definition) is 4. The molecule has 0 spiro atoms. The van der Waals surface area contributed by atoms with Crippen LogP contribution in [0.2, 0.25) is 0 Å². The van der Waals surface area contributed by atoms with Gasteiger partial charge < -0.3 is 20.1 Å². The lowest BCUT2D eigenvalue weighted by molar-refractivity contribution is -0.130. The average molecular weight is 343 g/mol. The predicted octanol–water partition coefficient (Wildman–Crippen LogP) is 2.77. The van der Waals surface area contributed by atoms with Crippen LogP contribution in [0, 0.1) is 5.41 Å². The van der Waals surface area contributed by atoms with Gasteiger partial charge in [-0.05, 0) is 50.6 Å². The third-order valence-corrected chi connectivity index (χ3v) is 4.43. The van der Waals surface area contributed by atoms with E-state index in [1.807, 2.05) is 31.2 Å². The lowest BCUT2D eigenvalue weighted by Crippen LogP contribution is -2.47. The number of anilines is 1. The molecule has 23 heavy (non-hydrogen) atoms. The second-order valence-electron chi connectivity index (χ2n) is 5.92. The van der Waals surface area contributed by atoms with Gasteiger partial charge in [-0.15, -0.1) is 12.4 Å². The molecule has 0 bridgehead atoms. The maximum atomic E-state index is 12.8. The number of nitrogens with one attached hydrogen (secondary N) is 2. The molecule has 5 nitrogen and oxygen atoms in total. The van der Waals surface area contributed by atoms with E-state index in [0.29, 0.717) is 6.61 Å². The van der Waals surface area contributed by atoms with Gasteiger partial charge in [-0.1, -0.05) is 12.1 Å². The van der Waals surface area contributed by atoms with Gasteiger partial charge in [0.25, 0.3) is 0 Å². The lowest BCUT2D eigenvalue weighted by Gasteiger charge is -2.35. The van der Waals surface area contributed by atoms with Gasteiger partial charge in [0, 0.05) is 19.9 Å². The Hall–Kier alpha value is -1.14. The zero-order valence-electron chi connectivity index (χ0n) is 14.1. The van der Waals surface area contributed by atoms with Crippen LogP contribution in [-0.4, -0.2) is 39.8 Å². The van der Waals surface area contributed by atoms with Gasteiger partial charge in [0.2, 0.25) is 5.91 Å². The molecule has 130 valence electrons. The molecule has 1 aromatic rings. The molecule has 0 saturated carbocycles. The van der Waals surface area contributed by atoms with Crippen molar-refractivity contribution in [1.29, 1.82) is 0 Å². The highest BCUT2D eigenvalue weighted by Crippen LogP contribution is 2.31. The Kier molecular flexibility index (Phi) is 7.99. The van der Waals surface area contributed by atoms with Crippen molar-refractivity contribution in [1.82, 2.24) is 5.32 Å². The molecule has 1 aromatic carbocycles. The van der Waals surface area contributed by atoms with Crippen LogP contribution in [0.25, 0.3) is 0 Å². The van der Waals surface area contributed by atoms with E-state index < -0.39 is 5.41 Å². The largest absolute Gasteiger partial charge is 0.384 e. The first-order valence-electron chi connectivity index (χ1n) is 7.75. The number of carbonyl (C=O) groups is 1. The van der Waals surface area contributed by atoms with Crippen LogP contribution >= 0.6 is 12.4 Å². The summed E-state index contributed by atoms with van der Waals surface area (Å²) < 4.78 is 10.6. The minimum absolute atomic E-state index is 0. The number of hydrogen-bond donors (Lipinski definition) is 2. The number of halogens is 1. The maximum absolute atomic E-state index is 12.8. The van der Waals surface area contributed by atoms with Gasteiger partial charge in [-0.3, -0.25) is 4.79 Å². The Morgan fingerprint density at radius 2 is 2.04 bits per heavy atom. The normalized spacial score (nSPS) is 17.9. The number of rotatable bonds is 6. The van der Waals surface area contributed by atoms with Gasteiger partial charge in [0.05, 0.1) is 18.1 Å². The average Bonchev–Trinajstić information content (AvgIpc) is 2.55. The van der Waals surface area contributed by atoms with E-state index in [9.17, 15) is 4.79 Å². The first-order valence-corrected chi connectivity index (χ1v) is 7.75. The smallest absolute Gasteiger partial charge is 0.233 e. The highest BCUT2D eigenvalue weighted by Gasteiger charge is 2.39. The Balaban J connectivity index is 0.00000264. The predicted molar refractivity (Wildman–Crippen MR) is 94.2 cm³/mol. The zero-order chi connectivity index (χ0) is 16.0. The molecule has 1 aliphatic heterocycles. The Bertz CT molecular complexity index is 499. The summed E-state index contributed by atoms with van der Waals surface area (Å²) >= 11 is 0. The standard InChI is InChI=1S/C17H26N2O3.ClH/c1-13(22-3)14-5-4-6-15(11-14)19-16(20)17(12-21-2)7-9-18-10-8-17;/h4-6,11,13,18H,7-10,12H2,1-3H3,(H,19,20);1H. The summed E-state index contributed by atoms with van der Waals surface area (Å²) in [6.07, 6.45) is 1.59. The molecule has 0 radical (unpaired) electrons. The number of ether oxygens (including phenoxy) is 2. The maximum Gasteiger partial charge on any atom is 0.233 e. The SMILES string of the molecule is COCC1(C(=O)Nc2cccc(C(C)OC)c2)CCNCC1.Cl. The molecule has 0 aromatic heterocycles. The second-order valence-corrected chi connectivity index (χ2v) is 5.92. The zero-order valence-corrected chi connectivity index (χ0v) is 14.9. The van der Waals surface area contributed by atoms with E-state index >= 15 is 0 Å². The summed E-state index contributed by atoms with van der Waals surface area (Å²) in [5, 5.41) is 6.35. The molecule has 1 fully saturated rings. The third kappa shape index (κ3) is 4.91. The molecule has 2 rings (SSSR count). The monoisotopic (exact) mass is 342 g/mol. The van der Waals surface area contributed by atoms with Crippen LogP contribution in [0.3, 0.4) is 0 Å². The van der Waals surface area contributed by atoms with Gasteiger partial charge in [-0.2, -0.15) is 0 Å². The van der Waals surface area contributed by atoms with Crippen molar-refractivity contribution in [3.05, 3.63) is 29.8 Å². The highest BCUT2D eigenvalue weighted by molar-refractivity contribution is 5.95. The summed E-state index contributed by atoms with van der Waals surface area (Å²) in [7, 11) is 3.33. The molecule has 1 heterocycles. The molecular formula is C17H27ClN2O3. The molecular weight excluding hydrogens is 316 g/mol. The summed E-state index contributed by atoms with van der Waals surface area (Å²) in [4.78, 5) is 12.8. The molecule has 1 atom stereocenters. The molecule has 1 aliphatic rings. The summed E-state index contributed by atoms with van der Waals surface area (Å²) in [5.74, 6) is 0.0399. The van der Waals surface area contributed by atoms with Crippen molar-refractivity contribution in [3.8, 4) is 0 Å². The molecule has 0 aliphatic carbocycles. The van der Waals surface area contributed by atoms with Crippen molar-refractivity contribution in [2.75, 3.05) is 39.2 Å². The third-order valence-electron chi connectivity index (χ3n) is 4.43. The van der Waals surface area contributed by atoms with Gasteiger partial charge in [0.1, 0.15) is 0 Å². The van der Waals surface area contributed by atoms with Crippen LogP contribution in [0.15, 0.2) is 24.3 Å². The number of carbonyl (C=O) groups excluding carboxylic acids is 1. The topological polar surface area (TPSA) is 59.6 Å². The summed E-state index contributed by atoms with van der Waals surface area (Å²) in [6.45, 7) is 4.13. The minimum Gasteiger partial charge on any atom is -0.384 e. The number of methoxy groups -OCH3 is 2. The van der Waals surface area contributed by atoms with Crippen LogP contribution in [0.1, 0.15) is 31.4 Å². The lowest BCUT2D eigenvalue weighted by atomic mass is 9.78. The quantitative estimate of drug-likeness (QED) is 0.834. The van der Waals surface area contributed by atoms with Crippen LogP contribution in [0.4, 0.5) is 5.69 Å². The molecule has 1 saturated heterocycles. The second kappa shape index (κ2) is 9.23. The van der Waals surface area contributed by atoms with Gasteiger partial charge in [0.15, 0.2) is 0 Å². The number of piperidine rings is 1. The number of amides is 1. The first kappa shape index (κ1) is 19.9. The summed E-state index contributed by atoms with van der Waals surface area (Å²) in [5.41, 5.74) is 1.41. The molecule has 2 N–H and O–H groups in total. The van der Waals surface area contributed by atoms with Crippen molar-refractivity contribution >= 4 is 24.0 Å². The van der Waals surface area contributed by atoms with E-state index in [0.717, 1.165) is 37.2 Å². The number of benzene rings is 1. The molecule has 6 heteroatoms. The summed E-state index contributed by atoms with van der Waals surface area (Å²) in [6, 6.07) is 7.81. The Morgan fingerprint density at radius 3 is 2.65 bits per heavy atom. The van der Waals surface area contributed by atoms with Gasteiger partial charge in [-0.25, -0.2) is 0 Å². The van der Waals surface area contributed by atoms with Crippen molar-refractivity contribution in [2.24, 2.45) is 5.41 Å². The van der Waals surface area contributed by atoms with E-state index in [1.165, 1.54) is 0 Å². The van der Waals surface area contributed by atoms with E-state index in [2.05, 4.69) is 10.6 Å². The first-order chi connectivity index (χ1) is 10.6. The molecule has 1 unspecified atom stereocenters. The van der Waals surface area contributed by atoms with Crippen LogP contribution in [0.5, 0.6) is 0 Å². The Morgan fingerprint density at radius 1 is 1.35 bits per heavy atom. The van der Waals surface area contributed by atoms with Crippen molar-refractivity contribution in [3.63, 3.8) is 0 Å². The van der Waals surface area contributed by atoms with E-state index in [4.69, 9.17) is 9.47 Å². The van der Waals surface area contributed by atoms with Gasteiger partial charge >= 0.3 is 0 Å². The fourth-order valence-electron chi connectivity index (χ4n) is 2.89. The van der Waals surface area contributed by atoms with E-state index in [1.54, 1.807) is 14.2 Å². The van der Waals surface area contributed by atoms with Crippen LogP contribution in [-0.2, 0) is 14.3 Å². The van der Waals surface area contributed by atoms with E-state index in [-0.39, 0.29) is 24.4 Å². The minimum atomic E-state index is -0.442. The fourth-order valence-corrected chi connectivity index (χ4v) is 2.89.